The Morgan fingerprint density at radius 1 is 0.926 bits per heavy atom. The molecule has 0 aromatic heterocycles. The number of hydrogen-bond donors (Lipinski definition) is 1. The first kappa shape index (κ1) is 19.9. The minimum atomic E-state index is 0. The van der Waals surface area contributed by atoms with Crippen molar-refractivity contribution in [2.75, 3.05) is 19.6 Å². The van der Waals surface area contributed by atoms with Gasteiger partial charge < -0.3 is 17.3 Å². The second-order valence-corrected chi connectivity index (χ2v) is 7.66. The lowest BCUT2D eigenvalue weighted by molar-refractivity contribution is -0.894. The highest BCUT2D eigenvalue weighted by molar-refractivity contribution is 5.96. The van der Waals surface area contributed by atoms with Crippen molar-refractivity contribution in [1.82, 2.24) is 0 Å². The van der Waals surface area contributed by atoms with E-state index in [1.54, 1.807) is 0 Å². The molecule has 2 aromatic rings. The van der Waals surface area contributed by atoms with Gasteiger partial charge in [0.05, 0.1) is 26.1 Å². The zero-order valence-corrected chi connectivity index (χ0v) is 16.6. The average molecular weight is 382 g/mol. The van der Waals surface area contributed by atoms with Crippen LogP contribution < -0.4 is 17.3 Å². The maximum atomic E-state index is 12.6. The fourth-order valence-corrected chi connectivity index (χ4v) is 4.27. The van der Waals surface area contributed by atoms with Gasteiger partial charge >= 0.3 is 0 Å². The van der Waals surface area contributed by atoms with Crippen molar-refractivity contribution in [1.29, 1.82) is 0 Å². The minimum Gasteiger partial charge on any atom is -1.00 e. The van der Waals surface area contributed by atoms with Crippen molar-refractivity contribution in [3.63, 3.8) is 0 Å². The third kappa shape index (κ3) is 4.88. The molecule has 0 saturated carbocycles. The van der Waals surface area contributed by atoms with Crippen LogP contribution in [0.4, 0.5) is 0 Å². The van der Waals surface area contributed by atoms with E-state index in [1.165, 1.54) is 46.4 Å². The summed E-state index contributed by atoms with van der Waals surface area (Å²) in [5.74, 6) is 0.309. The number of hydrogen-bond acceptors (Lipinski definition) is 1. The standard InChI is InChI=1S/C24H27NO.ClH/c26-24(23-11-10-20-8-4-5-9-22(20)18-23)14-17-25-15-12-21(13-16-25)19-6-2-1-3-7-19;/h1-3,6-7,10-12,18H,4-5,8-9,13-17H2;1H. The van der Waals surface area contributed by atoms with E-state index in [0.29, 0.717) is 12.2 Å². The molecule has 1 N–H and O–H groups in total. The van der Waals surface area contributed by atoms with E-state index in [0.717, 1.165) is 38.0 Å². The number of rotatable bonds is 5. The molecular weight excluding hydrogens is 354 g/mol. The van der Waals surface area contributed by atoms with Crippen molar-refractivity contribution in [2.45, 2.75) is 38.5 Å². The predicted octanol–water partition coefficient (Wildman–Crippen LogP) is 0.514. The monoisotopic (exact) mass is 381 g/mol. The van der Waals surface area contributed by atoms with Gasteiger partial charge in [-0.1, -0.05) is 42.5 Å². The Hall–Kier alpha value is -1.90. The molecule has 0 bridgehead atoms. The van der Waals surface area contributed by atoms with Gasteiger partial charge in [-0.2, -0.15) is 0 Å². The largest absolute Gasteiger partial charge is 1.00 e. The summed E-state index contributed by atoms with van der Waals surface area (Å²) < 4.78 is 0. The highest BCUT2D eigenvalue weighted by Gasteiger charge is 2.18. The Kier molecular flexibility index (Phi) is 6.87. The molecule has 3 heteroatoms. The number of halogens is 1. The van der Waals surface area contributed by atoms with Gasteiger partial charge in [-0.25, -0.2) is 0 Å². The van der Waals surface area contributed by atoms with Crippen LogP contribution in [0.5, 0.6) is 0 Å². The van der Waals surface area contributed by atoms with E-state index in [-0.39, 0.29) is 12.4 Å². The van der Waals surface area contributed by atoms with Crippen molar-refractivity contribution < 1.29 is 22.1 Å². The molecule has 2 aliphatic rings. The first-order chi connectivity index (χ1) is 12.8. The van der Waals surface area contributed by atoms with Gasteiger partial charge in [0.2, 0.25) is 0 Å². The van der Waals surface area contributed by atoms with Crippen LogP contribution >= 0.6 is 0 Å². The third-order valence-corrected chi connectivity index (χ3v) is 5.91. The molecule has 0 saturated heterocycles. The van der Waals surface area contributed by atoms with E-state index in [2.05, 4.69) is 48.5 Å². The van der Waals surface area contributed by atoms with Crippen LogP contribution in [0.25, 0.3) is 5.57 Å². The minimum absolute atomic E-state index is 0. The molecule has 0 radical (unpaired) electrons. The number of Topliss-reactive ketones (excluding diaryl/α,β-unsaturated/α-hetero) is 1. The molecule has 2 aromatic carbocycles. The number of carbonyl (C=O) groups is 1. The second kappa shape index (κ2) is 9.34. The van der Waals surface area contributed by atoms with Gasteiger partial charge in [-0.15, -0.1) is 0 Å². The van der Waals surface area contributed by atoms with Gasteiger partial charge in [-0.05, 0) is 60.1 Å². The Morgan fingerprint density at radius 3 is 2.44 bits per heavy atom. The normalized spacial score (nSPS) is 18.8. The van der Waals surface area contributed by atoms with Crippen molar-refractivity contribution >= 4 is 11.4 Å². The van der Waals surface area contributed by atoms with E-state index in [1.807, 2.05) is 6.07 Å². The first-order valence-electron chi connectivity index (χ1n) is 10.0. The Bertz CT molecular complexity index is 812. The summed E-state index contributed by atoms with van der Waals surface area (Å²) in [5, 5.41) is 0. The maximum absolute atomic E-state index is 12.6. The fourth-order valence-electron chi connectivity index (χ4n) is 4.27. The average Bonchev–Trinajstić information content (AvgIpc) is 2.72. The lowest BCUT2D eigenvalue weighted by atomic mass is 9.89. The van der Waals surface area contributed by atoms with Crippen LogP contribution in [-0.4, -0.2) is 25.4 Å². The zero-order valence-electron chi connectivity index (χ0n) is 15.8. The van der Waals surface area contributed by atoms with Gasteiger partial charge in [0.1, 0.15) is 0 Å². The molecule has 2 nitrogen and oxygen atoms in total. The smallest absolute Gasteiger partial charge is 0.168 e. The van der Waals surface area contributed by atoms with Crippen molar-refractivity contribution in [2.24, 2.45) is 0 Å². The number of benzene rings is 2. The van der Waals surface area contributed by atoms with E-state index >= 15 is 0 Å². The molecule has 27 heavy (non-hydrogen) atoms. The highest BCUT2D eigenvalue weighted by Crippen LogP contribution is 2.22. The van der Waals surface area contributed by atoms with Crippen LogP contribution in [0.1, 0.15) is 52.7 Å². The molecule has 142 valence electrons. The van der Waals surface area contributed by atoms with E-state index in [4.69, 9.17) is 0 Å². The molecule has 1 aliphatic heterocycles. The fraction of sp³-hybridized carbons (Fsp3) is 0.375. The topological polar surface area (TPSA) is 21.5 Å². The lowest BCUT2D eigenvalue weighted by Crippen LogP contribution is -3.12. The quantitative estimate of drug-likeness (QED) is 0.749. The molecule has 4 rings (SSSR count). The molecule has 1 atom stereocenters. The molecule has 0 amide bonds. The summed E-state index contributed by atoms with van der Waals surface area (Å²) in [6.45, 7) is 3.09. The van der Waals surface area contributed by atoms with Crippen LogP contribution in [0, 0.1) is 0 Å². The molecule has 1 unspecified atom stereocenters. The van der Waals surface area contributed by atoms with Crippen LogP contribution in [0.15, 0.2) is 54.6 Å². The lowest BCUT2D eigenvalue weighted by Gasteiger charge is -2.23. The number of carbonyl (C=O) groups excluding carboxylic acids is 1. The Labute approximate surface area is 168 Å². The number of aryl methyl sites for hydroxylation is 2. The SMILES string of the molecule is O=C(CC[NH+]1CC=C(c2ccccc2)CC1)c1ccc2c(c1)CCCC2.[Cl-]. The molecule has 1 heterocycles. The molecule has 0 spiro atoms. The Morgan fingerprint density at radius 2 is 1.70 bits per heavy atom. The van der Waals surface area contributed by atoms with Gasteiger partial charge in [0.25, 0.3) is 0 Å². The van der Waals surface area contributed by atoms with Crippen LogP contribution in [-0.2, 0) is 12.8 Å². The first-order valence-corrected chi connectivity index (χ1v) is 10.0. The van der Waals surface area contributed by atoms with Gasteiger partial charge in [-0.3, -0.25) is 4.79 Å². The van der Waals surface area contributed by atoms with E-state index in [9.17, 15) is 4.79 Å². The summed E-state index contributed by atoms with van der Waals surface area (Å²) in [4.78, 5) is 14.2. The summed E-state index contributed by atoms with van der Waals surface area (Å²) in [6, 6.07) is 17.1. The predicted molar refractivity (Wildman–Crippen MR) is 107 cm³/mol. The second-order valence-electron chi connectivity index (χ2n) is 7.66. The van der Waals surface area contributed by atoms with Crippen molar-refractivity contribution in [3.05, 3.63) is 76.9 Å². The van der Waals surface area contributed by atoms with E-state index < -0.39 is 0 Å². The van der Waals surface area contributed by atoms with Gasteiger partial charge in [0.15, 0.2) is 5.78 Å². The zero-order chi connectivity index (χ0) is 17.8. The summed E-state index contributed by atoms with van der Waals surface area (Å²) in [5.41, 5.74) is 6.57. The summed E-state index contributed by atoms with van der Waals surface area (Å²) >= 11 is 0. The number of nitrogens with one attached hydrogen (secondary N) is 1. The van der Waals surface area contributed by atoms with Crippen molar-refractivity contribution in [3.8, 4) is 0 Å². The summed E-state index contributed by atoms with van der Waals surface area (Å²) in [6.07, 6.45) is 8.99. The number of fused-ring (bicyclic) bond motifs is 1. The molecular formula is C24H28ClNO. The maximum Gasteiger partial charge on any atom is 0.168 e. The van der Waals surface area contributed by atoms with Gasteiger partial charge in [0, 0.05) is 12.0 Å². The third-order valence-electron chi connectivity index (χ3n) is 5.91. The molecule has 0 fully saturated rings. The number of ketones is 1. The highest BCUT2D eigenvalue weighted by atomic mass is 35.5. The molecule has 1 aliphatic carbocycles. The van der Waals surface area contributed by atoms with Crippen LogP contribution in [0.3, 0.4) is 0 Å². The van der Waals surface area contributed by atoms with Crippen LogP contribution in [0.2, 0.25) is 0 Å². The summed E-state index contributed by atoms with van der Waals surface area (Å²) in [7, 11) is 0. The Balaban J connectivity index is 0.00000210. The number of quaternary nitrogens is 1.